The Bertz CT molecular complexity index is 2000. The molecule has 1 amide bonds. The third-order valence-electron chi connectivity index (χ3n) is 7.69. The van der Waals surface area contributed by atoms with Crippen molar-refractivity contribution in [2.24, 2.45) is 0 Å². The van der Waals surface area contributed by atoms with Crippen molar-refractivity contribution in [1.82, 2.24) is 5.32 Å². The van der Waals surface area contributed by atoms with Gasteiger partial charge in [-0.15, -0.1) is 0 Å². The fraction of sp³-hybridized carbons (Fsp3) is 0.105. The largest absolute Gasteiger partial charge is 0.482 e. The minimum absolute atomic E-state index is 0.181. The summed E-state index contributed by atoms with van der Waals surface area (Å²) in [4.78, 5) is 50.7. The van der Waals surface area contributed by atoms with E-state index in [2.05, 4.69) is 5.32 Å². The molecule has 0 fully saturated rings. The maximum atomic E-state index is 13.8. The number of carbonyl (C=O) groups excluding carboxylic acids is 3. The highest BCUT2D eigenvalue weighted by atomic mass is 35.5. The summed E-state index contributed by atoms with van der Waals surface area (Å²) >= 11 is 6.62. The molecule has 0 saturated carbocycles. The van der Waals surface area contributed by atoms with E-state index >= 15 is 0 Å². The molecule has 48 heavy (non-hydrogen) atoms. The van der Waals surface area contributed by atoms with Gasteiger partial charge in [0.1, 0.15) is 12.4 Å². The maximum Gasteiger partial charge on any atom is 0.410 e. The number of carbonyl (C=O) groups is 4. The summed E-state index contributed by atoms with van der Waals surface area (Å²) in [6.45, 7) is -0.712. The summed E-state index contributed by atoms with van der Waals surface area (Å²) in [6.07, 6.45) is -1.58. The number of ether oxygens (including phenoxy) is 3. The molecule has 6 rings (SSSR count). The molecule has 0 heterocycles. The van der Waals surface area contributed by atoms with E-state index in [4.69, 9.17) is 30.9 Å². The highest BCUT2D eigenvalue weighted by molar-refractivity contribution is 6.34. The number of aliphatic carboxylic acids is 1. The number of hydrogen-bond acceptors (Lipinski definition) is 7. The number of hydrogen-bond donors (Lipinski definition) is 2. The second-order valence-electron chi connectivity index (χ2n) is 10.9. The third kappa shape index (κ3) is 7.22. The number of amides is 1. The van der Waals surface area contributed by atoms with Crippen LogP contribution in [-0.2, 0) is 27.3 Å². The highest BCUT2D eigenvalue weighted by Crippen LogP contribution is 2.44. The number of fused-ring (bicyclic) bond motifs is 3. The van der Waals surface area contributed by atoms with Gasteiger partial charge < -0.3 is 19.3 Å². The van der Waals surface area contributed by atoms with Crippen molar-refractivity contribution in [3.8, 4) is 16.9 Å². The lowest BCUT2D eigenvalue weighted by Gasteiger charge is -2.20. The fourth-order valence-electron chi connectivity index (χ4n) is 5.52. The van der Waals surface area contributed by atoms with Gasteiger partial charge in [0.05, 0.1) is 5.56 Å². The van der Waals surface area contributed by atoms with Crippen LogP contribution in [0, 0.1) is 0 Å². The average Bonchev–Trinajstić information content (AvgIpc) is 3.49. The molecule has 9 nitrogen and oxygen atoms in total. The molecule has 5 aromatic rings. The van der Waals surface area contributed by atoms with Crippen LogP contribution < -0.4 is 10.1 Å². The van der Waals surface area contributed by atoms with Crippen molar-refractivity contribution in [1.29, 1.82) is 0 Å². The molecule has 0 spiro atoms. The number of nitrogens with one attached hydrogen (secondary N) is 1. The summed E-state index contributed by atoms with van der Waals surface area (Å²) in [5.74, 6) is -1.73. The lowest BCUT2D eigenvalue weighted by molar-refractivity contribution is -0.139. The first-order valence-corrected chi connectivity index (χ1v) is 15.3. The number of carboxylic acids is 1. The van der Waals surface area contributed by atoms with Gasteiger partial charge in [-0.25, -0.2) is 14.4 Å². The molecular formula is C38H28ClNO8. The van der Waals surface area contributed by atoms with Gasteiger partial charge in [-0.3, -0.25) is 10.1 Å². The first kappa shape index (κ1) is 32.0. The van der Waals surface area contributed by atoms with E-state index in [1.807, 2.05) is 24.3 Å². The summed E-state index contributed by atoms with van der Waals surface area (Å²) < 4.78 is 16.4. The minimum Gasteiger partial charge on any atom is -0.482 e. The normalized spacial score (nSPS) is 11.9. The minimum atomic E-state index is -1.26. The second kappa shape index (κ2) is 14.2. The van der Waals surface area contributed by atoms with Crippen molar-refractivity contribution < 1.29 is 38.5 Å². The Hall–Kier alpha value is -5.93. The van der Waals surface area contributed by atoms with Crippen LogP contribution in [0.2, 0.25) is 5.02 Å². The standard InChI is InChI=1S/C38H28ClNO8/c39-31-13-7-12-27-20-28-18-23(19-30(33(28)34(27)31)35(43)24-8-3-1-4-9-24)21-47-38(45)40-36(48-37(44)26-10-5-2-6-11-26)25-14-16-29(17-15-25)46-22-32(41)42/h1-19,36H,20-22H2,(H,40,45)(H,41,42). The Morgan fingerprint density at radius 2 is 1.46 bits per heavy atom. The molecule has 0 radical (unpaired) electrons. The number of benzene rings is 5. The number of ketones is 1. The Morgan fingerprint density at radius 3 is 2.15 bits per heavy atom. The Morgan fingerprint density at radius 1 is 0.771 bits per heavy atom. The molecule has 0 bridgehead atoms. The van der Waals surface area contributed by atoms with Crippen molar-refractivity contribution in [3.05, 3.63) is 159 Å². The zero-order valence-electron chi connectivity index (χ0n) is 25.4. The molecule has 0 aliphatic heterocycles. The smallest absolute Gasteiger partial charge is 0.410 e. The first-order chi connectivity index (χ1) is 23.3. The van der Waals surface area contributed by atoms with Crippen LogP contribution >= 0.6 is 11.6 Å². The quantitative estimate of drug-likeness (QED) is 0.0836. The topological polar surface area (TPSA) is 128 Å². The molecule has 0 saturated heterocycles. The lowest BCUT2D eigenvalue weighted by Crippen LogP contribution is -2.32. The van der Waals surface area contributed by atoms with Crippen molar-refractivity contribution in [2.75, 3.05) is 6.61 Å². The van der Waals surface area contributed by atoms with E-state index < -0.39 is 30.9 Å². The maximum absolute atomic E-state index is 13.8. The molecule has 0 aromatic heterocycles. The van der Waals surface area contributed by atoms with Gasteiger partial charge in [0.25, 0.3) is 0 Å². The predicted octanol–water partition coefficient (Wildman–Crippen LogP) is 7.39. The van der Waals surface area contributed by atoms with Gasteiger partial charge in [-0.2, -0.15) is 0 Å². The Balaban J connectivity index is 1.23. The van der Waals surface area contributed by atoms with Crippen LogP contribution in [0.5, 0.6) is 5.75 Å². The lowest BCUT2D eigenvalue weighted by atomic mass is 9.91. The summed E-state index contributed by atoms with van der Waals surface area (Å²) in [6, 6.07) is 32.5. The summed E-state index contributed by atoms with van der Waals surface area (Å²) in [7, 11) is 0. The Labute approximate surface area is 280 Å². The molecule has 1 aliphatic carbocycles. The zero-order chi connectivity index (χ0) is 33.6. The fourth-order valence-corrected chi connectivity index (χ4v) is 5.81. The zero-order valence-corrected chi connectivity index (χ0v) is 26.1. The molecule has 1 atom stereocenters. The van der Waals surface area contributed by atoms with Gasteiger partial charge in [0, 0.05) is 27.3 Å². The van der Waals surface area contributed by atoms with Gasteiger partial charge in [-0.05, 0) is 77.2 Å². The van der Waals surface area contributed by atoms with E-state index in [9.17, 15) is 19.2 Å². The van der Waals surface area contributed by atoms with Crippen molar-refractivity contribution in [3.63, 3.8) is 0 Å². The van der Waals surface area contributed by atoms with E-state index in [1.54, 1.807) is 66.7 Å². The first-order valence-electron chi connectivity index (χ1n) is 14.9. The summed E-state index contributed by atoms with van der Waals surface area (Å²) in [5.41, 5.74) is 5.67. The molecule has 1 unspecified atom stereocenters. The number of esters is 1. The van der Waals surface area contributed by atoms with Crippen LogP contribution in [0.3, 0.4) is 0 Å². The van der Waals surface area contributed by atoms with Gasteiger partial charge >= 0.3 is 18.0 Å². The van der Waals surface area contributed by atoms with Crippen molar-refractivity contribution >= 4 is 35.4 Å². The molecule has 5 aromatic carbocycles. The molecule has 240 valence electrons. The predicted molar refractivity (Wildman–Crippen MR) is 177 cm³/mol. The summed E-state index contributed by atoms with van der Waals surface area (Å²) in [5, 5.41) is 12.0. The van der Waals surface area contributed by atoms with Gasteiger partial charge in [0.2, 0.25) is 6.23 Å². The van der Waals surface area contributed by atoms with Gasteiger partial charge in [0.15, 0.2) is 12.4 Å². The number of rotatable bonds is 11. The van der Waals surface area contributed by atoms with E-state index in [1.165, 1.54) is 24.3 Å². The molecule has 2 N–H and O–H groups in total. The monoisotopic (exact) mass is 661 g/mol. The number of alkyl carbamates (subject to hydrolysis) is 1. The molecule has 10 heteroatoms. The van der Waals surface area contributed by atoms with Crippen LogP contribution in [0.25, 0.3) is 11.1 Å². The SMILES string of the molecule is O=C(O)COc1ccc(C(NC(=O)OCc2cc3c(c(C(=O)c4ccccc4)c2)-c2c(Cl)cccc2C3)OC(=O)c2ccccc2)cc1. The van der Waals surface area contributed by atoms with Crippen LogP contribution in [0.15, 0.2) is 115 Å². The molecular weight excluding hydrogens is 634 g/mol. The molecule has 1 aliphatic rings. The van der Waals surface area contributed by atoms with E-state index in [-0.39, 0.29) is 23.7 Å². The third-order valence-corrected chi connectivity index (χ3v) is 8.00. The van der Waals surface area contributed by atoms with Crippen LogP contribution in [0.1, 0.15) is 54.8 Å². The number of carboxylic acid groups (broad SMARTS) is 1. The van der Waals surface area contributed by atoms with Crippen molar-refractivity contribution in [2.45, 2.75) is 19.3 Å². The van der Waals surface area contributed by atoms with E-state index in [0.717, 1.165) is 22.3 Å². The Kier molecular flexibility index (Phi) is 9.50. The van der Waals surface area contributed by atoms with Gasteiger partial charge in [-0.1, -0.05) is 78.3 Å². The van der Waals surface area contributed by atoms with Crippen LogP contribution in [-0.4, -0.2) is 35.5 Å². The number of halogens is 1. The second-order valence-corrected chi connectivity index (χ2v) is 11.4. The van der Waals surface area contributed by atoms with E-state index in [0.29, 0.717) is 33.7 Å². The average molecular weight is 662 g/mol. The highest BCUT2D eigenvalue weighted by Gasteiger charge is 2.28. The van der Waals surface area contributed by atoms with Crippen LogP contribution in [0.4, 0.5) is 4.79 Å².